The molecule has 1 fully saturated rings. The van der Waals surface area contributed by atoms with Gasteiger partial charge in [-0.05, 0) is 47.6 Å². The van der Waals surface area contributed by atoms with E-state index < -0.39 is 0 Å². The van der Waals surface area contributed by atoms with Crippen molar-refractivity contribution in [2.45, 2.75) is 49.2 Å². The van der Waals surface area contributed by atoms with Gasteiger partial charge < -0.3 is 16.4 Å². The molecule has 30 heavy (non-hydrogen) atoms. The Hall–Kier alpha value is -2.50. The van der Waals surface area contributed by atoms with Crippen molar-refractivity contribution in [1.82, 2.24) is 5.32 Å². The van der Waals surface area contributed by atoms with Crippen LogP contribution in [0.4, 0.5) is 5.69 Å². The minimum atomic E-state index is 0.166. The van der Waals surface area contributed by atoms with Gasteiger partial charge in [0.05, 0.1) is 12.2 Å². The van der Waals surface area contributed by atoms with E-state index in [-0.39, 0.29) is 12.1 Å². The molecule has 4 nitrogen and oxygen atoms in total. The van der Waals surface area contributed by atoms with Crippen molar-refractivity contribution in [3.8, 4) is 0 Å². The number of hydrogen-bond acceptors (Lipinski definition) is 3. The summed E-state index contributed by atoms with van der Waals surface area (Å²) >= 11 is 1.73. The molecule has 3 aromatic carbocycles. The maximum Gasteiger partial charge on any atom is 0.196 e. The lowest BCUT2D eigenvalue weighted by Crippen LogP contribution is -2.51. The van der Waals surface area contributed by atoms with Gasteiger partial charge in [-0.15, -0.1) is 11.8 Å². The number of nitrogens with zero attached hydrogens (tertiary/aromatic N) is 1. The summed E-state index contributed by atoms with van der Waals surface area (Å²) < 4.78 is 0. The third-order valence-electron chi connectivity index (χ3n) is 5.79. The quantitative estimate of drug-likeness (QED) is 0.295. The summed E-state index contributed by atoms with van der Waals surface area (Å²) in [7, 11) is 0. The molecule has 0 amide bonds. The van der Waals surface area contributed by atoms with Gasteiger partial charge >= 0.3 is 0 Å². The number of anilines is 1. The molecule has 5 heteroatoms. The lowest BCUT2D eigenvalue weighted by Gasteiger charge is -2.31. The highest BCUT2D eigenvalue weighted by atomic mass is 32.2. The van der Waals surface area contributed by atoms with Crippen LogP contribution in [0.3, 0.4) is 0 Å². The van der Waals surface area contributed by atoms with Crippen LogP contribution in [-0.4, -0.2) is 24.3 Å². The van der Waals surface area contributed by atoms with Gasteiger partial charge in [-0.25, -0.2) is 4.99 Å². The van der Waals surface area contributed by atoms with E-state index in [0.29, 0.717) is 6.54 Å². The van der Waals surface area contributed by atoms with Crippen LogP contribution in [0.15, 0.2) is 76.6 Å². The largest absolute Gasteiger partial charge is 0.352 e. The Bertz CT molecular complexity index is 1010. The number of hydrogen-bond donors (Lipinski definition) is 3. The molecular weight excluding hydrogens is 388 g/mol. The fraction of sp³-hybridized carbons (Fsp3) is 0.320. The summed E-state index contributed by atoms with van der Waals surface area (Å²) in [6.45, 7) is 0.611. The molecule has 0 unspecified atom stereocenters. The van der Waals surface area contributed by atoms with E-state index in [1.54, 1.807) is 11.8 Å². The second-order valence-corrected chi connectivity index (χ2v) is 8.68. The van der Waals surface area contributed by atoms with Crippen molar-refractivity contribution in [2.24, 2.45) is 10.7 Å². The number of nitrogens with one attached hydrogen (secondary N) is 2. The summed E-state index contributed by atoms with van der Waals surface area (Å²) in [5.74, 6) is 0.798. The minimum Gasteiger partial charge on any atom is -0.352 e. The Morgan fingerprint density at radius 1 is 1.00 bits per heavy atom. The van der Waals surface area contributed by atoms with Crippen molar-refractivity contribution in [3.05, 3.63) is 72.3 Å². The van der Waals surface area contributed by atoms with Crippen LogP contribution in [0.2, 0.25) is 0 Å². The van der Waals surface area contributed by atoms with Crippen LogP contribution < -0.4 is 16.4 Å². The van der Waals surface area contributed by atoms with Crippen LogP contribution in [0.1, 0.15) is 31.2 Å². The number of nitrogens with two attached hydrogens (primary N) is 1. The molecule has 0 aliphatic heterocycles. The van der Waals surface area contributed by atoms with Gasteiger partial charge in [0.25, 0.3) is 0 Å². The highest BCUT2D eigenvalue weighted by Gasteiger charge is 2.23. The number of para-hydroxylation sites is 1. The molecular formula is C25H30N4S. The predicted molar refractivity (Wildman–Crippen MR) is 130 cm³/mol. The molecule has 0 spiro atoms. The first-order valence-corrected chi connectivity index (χ1v) is 11.9. The Morgan fingerprint density at radius 2 is 1.77 bits per heavy atom. The fourth-order valence-corrected chi connectivity index (χ4v) is 4.66. The third-order valence-corrected chi connectivity index (χ3v) is 6.58. The zero-order valence-corrected chi connectivity index (χ0v) is 18.3. The van der Waals surface area contributed by atoms with Crippen LogP contribution in [-0.2, 0) is 6.54 Å². The molecule has 0 radical (unpaired) electrons. The Morgan fingerprint density at radius 3 is 2.63 bits per heavy atom. The van der Waals surface area contributed by atoms with E-state index in [0.717, 1.165) is 24.5 Å². The summed E-state index contributed by atoms with van der Waals surface area (Å²) in [5.41, 5.74) is 8.70. The summed E-state index contributed by atoms with van der Waals surface area (Å²) in [6.07, 6.45) is 6.67. The Kier molecular flexibility index (Phi) is 6.92. The molecule has 0 bridgehead atoms. The molecule has 1 aliphatic carbocycles. The molecule has 1 saturated carbocycles. The van der Waals surface area contributed by atoms with E-state index in [4.69, 9.17) is 10.7 Å². The number of fused-ring (bicyclic) bond motifs is 1. The summed E-state index contributed by atoms with van der Waals surface area (Å²) in [4.78, 5) is 6.17. The van der Waals surface area contributed by atoms with Crippen LogP contribution >= 0.6 is 11.8 Å². The van der Waals surface area contributed by atoms with Crippen LogP contribution in [0.25, 0.3) is 10.8 Å². The standard InChI is InChI=1S/C25H30N4S/c1-30-24-16-7-6-15-23(24)29-25(28-22-14-5-4-13-21(22)26)27-17-19-11-8-10-18-9-2-3-12-20(18)19/h2-3,6-12,15-16,21-22H,4-5,13-14,17,26H2,1H3,(H2,27,28,29)/t21-,22-/m0/s1. The SMILES string of the molecule is CSc1ccccc1NC(=NCc1cccc2ccccc12)N[C@H]1CCCC[C@@H]1N. The van der Waals surface area contributed by atoms with Gasteiger partial charge in [-0.2, -0.15) is 0 Å². The predicted octanol–water partition coefficient (Wildman–Crippen LogP) is 5.39. The van der Waals surface area contributed by atoms with Crippen molar-refractivity contribution in [2.75, 3.05) is 11.6 Å². The number of rotatable bonds is 5. The first-order chi connectivity index (χ1) is 14.7. The monoisotopic (exact) mass is 418 g/mol. The van der Waals surface area contributed by atoms with E-state index in [1.807, 2.05) is 0 Å². The van der Waals surface area contributed by atoms with Crippen LogP contribution in [0.5, 0.6) is 0 Å². The lowest BCUT2D eigenvalue weighted by atomic mass is 9.91. The van der Waals surface area contributed by atoms with Crippen molar-refractivity contribution in [3.63, 3.8) is 0 Å². The first kappa shape index (κ1) is 20.8. The summed E-state index contributed by atoms with van der Waals surface area (Å²) in [6, 6.07) is 23.6. The zero-order valence-electron chi connectivity index (χ0n) is 17.5. The van der Waals surface area contributed by atoms with Crippen molar-refractivity contribution < 1.29 is 0 Å². The van der Waals surface area contributed by atoms with Crippen LogP contribution in [0, 0.1) is 0 Å². The van der Waals surface area contributed by atoms with E-state index in [1.165, 1.54) is 34.1 Å². The Labute approximate surface area is 183 Å². The first-order valence-electron chi connectivity index (χ1n) is 10.7. The molecule has 156 valence electrons. The highest BCUT2D eigenvalue weighted by Crippen LogP contribution is 2.25. The topological polar surface area (TPSA) is 62.4 Å². The van der Waals surface area contributed by atoms with Crippen molar-refractivity contribution >= 4 is 34.2 Å². The number of guanidine groups is 1. The van der Waals surface area contributed by atoms with Crippen molar-refractivity contribution in [1.29, 1.82) is 0 Å². The van der Waals surface area contributed by atoms with E-state index in [2.05, 4.69) is 83.6 Å². The number of aliphatic imine (C=N–C) groups is 1. The van der Waals surface area contributed by atoms with Gasteiger partial charge in [-0.1, -0.05) is 67.4 Å². The smallest absolute Gasteiger partial charge is 0.196 e. The molecule has 1 aliphatic rings. The number of benzene rings is 3. The summed E-state index contributed by atoms with van der Waals surface area (Å²) in [5, 5.41) is 9.67. The molecule has 3 aromatic rings. The Balaban J connectivity index is 1.61. The fourth-order valence-electron chi connectivity index (χ4n) is 4.11. The molecule has 2 atom stereocenters. The minimum absolute atomic E-state index is 0.166. The maximum atomic E-state index is 6.41. The zero-order chi connectivity index (χ0) is 20.8. The maximum absolute atomic E-state index is 6.41. The highest BCUT2D eigenvalue weighted by molar-refractivity contribution is 7.98. The normalized spacial score (nSPS) is 19.6. The molecule has 0 saturated heterocycles. The van der Waals surface area contributed by atoms with Gasteiger partial charge in [0.1, 0.15) is 0 Å². The second-order valence-electron chi connectivity index (χ2n) is 7.83. The number of thioether (sulfide) groups is 1. The van der Waals surface area contributed by atoms with E-state index >= 15 is 0 Å². The lowest BCUT2D eigenvalue weighted by molar-refractivity contribution is 0.360. The van der Waals surface area contributed by atoms with Gasteiger partial charge in [0.2, 0.25) is 0 Å². The van der Waals surface area contributed by atoms with E-state index in [9.17, 15) is 0 Å². The van der Waals surface area contributed by atoms with Gasteiger partial charge in [0, 0.05) is 17.0 Å². The molecule has 0 aromatic heterocycles. The van der Waals surface area contributed by atoms with Gasteiger partial charge in [0.15, 0.2) is 5.96 Å². The molecule has 4 rings (SSSR count). The van der Waals surface area contributed by atoms with Gasteiger partial charge in [-0.3, -0.25) is 0 Å². The third kappa shape index (κ3) is 4.97. The average Bonchev–Trinajstić information content (AvgIpc) is 2.79. The average molecular weight is 419 g/mol. The second kappa shape index (κ2) is 10.0. The molecule has 0 heterocycles. The molecule has 4 N–H and O–H groups in total.